The van der Waals surface area contributed by atoms with E-state index in [-0.39, 0.29) is 6.04 Å². The Bertz CT molecular complexity index is 518. The summed E-state index contributed by atoms with van der Waals surface area (Å²) < 4.78 is 0. The Morgan fingerprint density at radius 1 is 1.32 bits per heavy atom. The lowest BCUT2D eigenvalue weighted by molar-refractivity contribution is 0.869. The summed E-state index contributed by atoms with van der Waals surface area (Å²) in [4.78, 5) is 6.82. The van der Waals surface area contributed by atoms with Crippen molar-refractivity contribution in [3.05, 3.63) is 40.8 Å². The molecular weight excluding hydrogens is 254 g/mol. The van der Waals surface area contributed by atoms with Crippen molar-refractivity contribution < 1.29 is 0 Å². The third kappa shape index (κ3) is 2.89. The van der Waals surface area contributed by atoms with Crippen molar-refractivity contribution in [1.82, 2.24) is 4.98 Å². The summed E-state index contributed by atoms with van der Waals surface area (Å²) in [7, 11) is 0. The van der Waals surface area contributed by atoms with Crippen molar-refractivity contribution in [2.75, 3.05) is 23.3 Å². The lowest BCUT2D eigenvalue weighted by Gasteiger charge is -2.20. The quantitative estimate of drug-likeness (QED) is 0.915. The van der Waals surface area contributed by atoms with Gasteiger partial charge in [0, 0.05) is 36.0 Å². The first-order chi connectivity index (χ1) is 9.33. The van der Waals surface area contributed by atoms with Gasteiger partial charge in [0.2, 0.25) is 0 Å². The van der Waals surface area contributed by atoms with Crippen molar-refractivity contribution >= 4 is 22.7 Å². The average molecular weight is 273 g/mol. The summed E-state index contributed by atoms with van der Waals surface area (Å²) in [6.07, 6.45) is 4.49. The first-order valence-corrected chi connectivity index (χ1v) is 7.72. The van der Waals surface area contributed by atoms with Crippen molar-refractivity contribution in [1.29, 1.82) is 0 Å². The number of nitrogens with one attached hydrogen (secondary N) is 1. The molecule has 0 spiro atoms. The van der Waals surface area contributed by atoms with Crippen LogP contribution in [0.3, 0.4) is 0 Å². The van der Waals surface area contributed by atoms with E-state index in [1.165, 1.54) is 37.3 Å². The normalized spacial score (nSPS) is 16.6. The van der Waals surface area contributed by atoms with Gasteiger partial charge >= 0.3 is 0 Å². The first kappa shape index (κ1) is 12.5. The van der Waals surface area contributed by atoms with Gasteiger partial charge in [0.15, 0.2) is 0 Å². The molecule has 1 N–H and O–H groups in total. The van der Waals surface area contributed by atoms with E-state index in [1.807, 2.05) is 11.6 Å². The van der Waals surface area contributed by atoms with E-state index in [4.69, 9.17) is 0 Å². The fourth-order valence-electron chi connectivity index (χ4n) is 2.53. The molecule has 100 valence electrons. The van der Waals surface area contributed by atoms with Gasteiger partial charge in [-0.2, -0.15) is 0 Å². The van der Waals surface area contributed by atoms with Crippen molar-refractivity contribution in [3.63, 3.8) is 0 Å². The van der Waals surface area contributed by atoms with E-state index in [0.717, 1.165) is 5.01 Å². The smallest absolute Gasteiger partial charge is 0.115 e. The molecule has 1 atom stereocenters. The van der Waals surface area contributed by atoms with Gasteiger partial charge in [0.1, 0.15) is 5.01 Å². The van der Waals surface area contributed by atoms with Crippen molar-refractivity contribution in [3.8, 4) is 0 Å². The Labute approximate surface area is 118 Å². The minimum absolute atomic E-state index is 0.258. The topological polar surface area (TPSA) is 28.2 Å². The van der Waals surface area contributed by atoms with E-state index < -0.39 is 0 Å². The van der Waals surface area contributed by atoms with Crippen LogP contribution in [0.4, 0.5) is 11.4 Å². The molecule has 3 nitrogen and oxygen atoms in total. The maximum atomic E-state index is 4.36. The zero-order valence-corrected chi connectivity index (χ0v) is 12.0. The molecule has 3 rings (SSSR count). The molecule has 1 unspecified atom stereocenters. The van der Waals surface area contributed by atoms with Crippen LogP contribution in [0, 0.1) is 0 Å². The Hall–Kier alpha value is -1.55. The van der Waals surface area contributed by atoms with Crippen LogP contribution in [0.15, 0.2) is 35.8 Å². The standard InChI is InChI=1S/C15H19N3S/c1-12(15-16-7-10-19-15)17-13-5-4-6-14(11-13)18-8-2-3-9-18/h4-7,10-12,17H,2-3,8-9H2,1H3. The van der Waals surface area contributed by atoms with Crippen molar-refractivity contribution in [2.45, 2.75) is 25.8 Å². The van der Waals surface area contributed by atoms with Crippen LogP contribution in [0.2, 0.25) is 0 Å². The van der Waals surface area contributed by atoms with Gasteiger partial charge in [0.25, 0.3) is 0 Å². The molecule has 1 saturated heterocycles. The zero-order valence-electron chi connectivity index (χ0n) is 11.2. The lowest BCUT2D eigenvalue weighted by Crippen LogP contribution is -2.17. The summed E-state index contributed by atoms with van der Waals surface area (Å²) in [6.45, 7) is 4.53. The number of rotatable bonds is 4. The highest BCUT2D eigenvalue weighted by atomic mass is 32.1. The van der Waals surface area contributed by atoms with Gasteiger partial charge in [-0.05, 0) is 38.0 Å². The number of nitrogens with zero attached hydrogens (tertiary/aromatic N) is 2. The zero-order chi connectivity index (χ0) is 13.1. The molecule has 0 bridgehead atoms. The minimum Gasteiger partial charge on any atom is -0.376 e. The predicted octanol–water partition coefficient (Wildman–Crippen LogP) is 3.92. The molecule has 4 heteroatoms. The highest BCUT2D eigenvalue weighted by Crippen LogP contribution is 2.26. The molecular formula is C15H19N3S. The first-order valence-electron chi connectivity index (χ1n) is 6.84. The number of thiazole rings is 1. The second-order valence-corrected chi connectivity index (χ2v) is 5.91. The highest BCUT2D eigenvalue weighted by Gasteiger charge is 2.13. The second-order valence-electron chi connectivity index (χ2n) is 4.98. The molecule has 2 heterocycles. The summed E-state index contributed by atoms with van der Waals surface area (Å²) in [5.41, 5.74) is 2.50. The van der Waals surface area contributed by atoms with Gasteiger partial charge in [-0.1, -0.05) is 6.07 Å². The molecule has 1 aromatic heterocycles. The fraction of sp³-hybridized carbons (Fsp3) is 0.400. The van der Waals surface area contributed by atoms with Gasteiger partial charge in [-0.15, -0.1) is 11.3 Å². The third-order valence-corrected chi connectivity index (χ3v) is 4.48. The Kier molecular flexibility index (Phi) is 3.69. The molecule has 2 aromatic rings. The summed E-state index contributed by atoms with van der Waals surface area (Å²) in [6, 6.07) is 8.96. The van der Waals surface area contributed by atoms with Gasteiger partial charge in [-0.25, -0.2) is 4.98 Å². The minimum atomic E-state index is 0.258. The summed E-state index contributed by atoms with van der Waals surface area (Å²) in [5.74, 6) is 0. The van der Waals surface area contributed by atoms with Crippen molar-refractivity contribution in [2.24, 2.45) is 0 Å². The number of benzene rings is 1. The van der Waals surface area contributed by atoms with Crippen LogP contribution in [0.25, 0.3) is 0 Å². The lowest BCUT2D eigenvalue weighted by atomic mass is 10.2. The molecule has 19 heavy (non-hydrogen) atoms. The number of hydrogen-bond donors (Lipinski definition) is 1. The van der Waals surface area contributed by atoms with E-state index in [1.54, 1.807) is 11.3 Å². The van der Waals surface area contributed by atoms with Crippen LogP contribution in [0.1, 0.15) is 30.8 Å². The van der Waals surface area contributed by atoms with Crippen LogP contribution < -0.4 is 10.2 Å². The van der Waals surface area contributed by atoms with Crippen LogP contribution in [-0.4, -0.2) is 18.1 Å². The third-order valence-electron chi connectivity index (χ3n) is 3.52. The molecule has 1 aromatic carbocycles. The number of aromatic nitrogens is 1. The summed E-state index contributed by atoms with van der Waals surface area (Å²) >= 11 is 1.70. The van der Waals surface area contributed by atoms with Gasteiger partial charge in [-0.3, -0.25) is 0 Å². The molecule has 0 saturated carbocycles. The Morgan fingerprint density at radius 3 is 2.89 bits per heavy atom. The average Bonchev–Trinajstić information content (AvgIpc) is 3.13. The van der Waals surface area contributed by atoms with Gasteiger partial charge in [0.05, 0.1) is 6.04 Å². The molecule has 0 amide bonds. The van der Waals surface area contributed by atoms with Crippen LogP contribution in [-0.2, 0) is 0 Å². The molecule has 1 aliphatic rings. The monoisotopic (exact) mass is 273 g/mol. The van der Waals surface area contributed by atoms with E-state index in [0.29, 0.717) is 0 Å². The molecule has 0 aliphatic carbocycles. The van der Waals surface area contributed by atoms with Gasteiger partial charge < -0.3 is 10.2 Å². The predicted molar refractivity (Wildman–Crippen MR) is 82.0 cm³/mol. The van der Waals surface area contributed by atoms with E-state index in [9.17, 15) is 0 Å². The van der Waals surface area contributed by atoms with E-state index >= 15 is 0 Å². The largest absolute Gasteiger partial charge is 0.376 e. The fourth-order valence-corrected chi connectivity index (χ4v) is 3.17. The second kappa shape index (κ2) is 5.61. The highest BCUT2D eigenvalue weighted by molar-refractivity contribution is 7.09. The van der Waals surface area contributed by atoms with Crippen LogP contribution in [0.5, 0.6) is 0 Å². The summed E-state index contributed by atoms with van der Waals surface area (Å²) in [5, 5.41) is 6.68. The van der Waals surface area contributed by atoms with E-state index in [2.05, 4.69) is 46.4 Å². The number of hydrogen-bond acceptors (Lipinski definition) is 4. The Morgan fingerprint density at radius 2 is 2.16 bits per heavy atom. The van der Waals surface area contributed by atoms with Crippen LogP contribution >= 0.6 is 11.3 Å². The molecule has 0 radical (unpaired) electrons. The molecule has 1 fully saturated rings. The maximum Gasteiger partial charge on any atom is 0.115 e. The SMILES string of the molecule is CC(Nc1cccc(N2CCCC2)c1)c1nccs1. The molecule has 1 aliphatic heterocycles. The number of anilines is 2. The Balaban J connectivity index is 1.72. The maximum absolute atomic E-state index is 4.36.